The van der Waals surface area contributed by atoms with Gasteiger partial charge >= 0.3 is 0 Å². The number of anilines is 1. The van der Waals surface area contributed by atoms with Crippen molar-refractivity contribution in [1.29, 1.82) is 0 Å². The number of hydrogen-bond donors (Lipinski definition) is 1. The molecule has 1 N–H and O–H groups in total. The van der Waals surface area contributed by atoms with Gasteiger partial charge in [0.05, 0.1) is 5.69 Å². The summed E-state index contributed by atoms with van der Waals surface area (Å²) in [7, 11) is 0. The van der Waals surface area contributed by atoms with E-state index in [9.17, 15) is 10.1 Å². The van der Waals surface area contributed by atoms with Gasteiger partial charge in [-0.2, -0.15) is 0 Å². The molecule has 1 aliphatic rings. The van der Waals surface area contributed by atoms with Gasteiger partial charge in [0.1, 0.15) is 5.75 Å². The average Bonchev–Trinajstić information content (AvgIpc) is 2.54. The van der Waals surface area contributed by atoms with Crippen LogP contribution >= 0.6 is 34.8 Å². The molecular weight excluding hydrogens is 290 g/mol. The van der Waals surface area contributed by atoms with E-state index in [4.69, 9.17) is 39.5 Å². The minimum Gasteiger partial charge on any atom is -0.454 e. The fourth-order valence-corrected chi connectivity index (χ4v) is 2.00. The monoisotopic (exact) mass is 296 g/mol. The predicted octanol–water partition coefficient (Wildman–Crippen LogP) is 2.83. The Morgan fingerprint density at radius 1 is 1.41 bits per heavy atom. The van der Waals surface area contributed by atoms with Crippen molar-refractivity contribution in [2.75, 3.05) is 11.9 Å². The van der Waals surface area contributed by atoms with E-state index in [0.717, 1.165) is 0 Å². The molecule has 0 aliphatic carbocycles. The SMILES string of the molecule is O=[N+]([O-])C[C@@]1(C(Cl)(Cl)Cl)Nc2ccccc2O1. The number of para-hydroxylation sites is 2. The lowest BCUT2D eigenvalue weighted by Crippen LogP contribution is -2.57. The van der Waals surface area contributed by atoms with Gasteiger partial charge in [-0.1, -0.05) is 46.9 Å². The normalized spacial score (nSPS) is 22.5. The van der Waals surface area contributed by atoms with Crippen LogP contribution in [0.25, 0.3) is 0 Å². The molecule has 0 saturated heterocycles. The number of nitro groups is 1. The van der Waals surface area contributed by atoms with E-state index in [1.807, 2.05) is 0 Å². The summed E-state index contributed by atoms with van der Waals surface area (Å²) in [5.74, 6) is 0.417. The number of benzene rings is 1. The van der Waals surface area contributed by atoms with Gasteiger partial charge in [0.25, 0.3) is 16.1 Å². The number of hydrogen-bond acceptors (Lipinski definition) is 4. The van der Waals surface area contributed by atoms with Crippen molar-refractivity contribution in [2.45, 2.75) is 9.52 Å². The number of halogens is 3. The highest BCUT2D eigenvalue weighted by atomic mass is 35.6. The summed E-state index contributed by atoms with van der Waals surface area (Å²) in [4.78, 5) is 10.1. The van der Waals surface area contributed by atoms with Gasteiger partial charge in [-0.15, -0.1) is 0 Å². The molecule has 1 aromatic rings. The van der Waals surface area contributed by atoms with Crippen molar-refractivity contribution < 1.29 is 9.66 Å². The largest absolute Gasteiger partial charge is 0.454 e. The summed E-state index contributed by atoms with van der Waals surface area (Å²) in [5, 5.41) is 13.4. The molecular formula is C9H7Cl3N2O3. The maximum absolute atomic E-state index is 10.7. The standard InChI is InChI=1S/C9H7Cl3N2O3/c10-9(11,12)8(5-14(15)16)13-6-3-1-2-4-7(6)17-8/h1-4,13H,5H2/t8-/m1/s1. The number of nitrogens with one attached hydrogen (secondary N) is 1. The Morgan fingerprint density at radius 3 is 2.59 bits per heavy atom. The summed E-state index contributed by atoms with van der Waals surface area (Å²) in [6.45, 7) is -0.668. The Balaban J connectivity index is 2.38. The second-order valence-electron chi connectivity index (χ2n) is 3.54. The topological polar surface area (TPSA) is 64.4 Å². The van der Waals surface area contributed by atoms with Crippen molar-refractivity contribution in [3.8, 4) is 5.75 Å². The van der Waals surface area contributed by atoms with E-state index in [1.54, 1.807) is 24.3 Å². The Morgan fingerprint density at radius 2 is 2.06 bits per heavy atom. The van der Waals surface area contributed by atoms with Crippen molar-refractivity contribution in [3.63, 3.8) is 0 Å². The molecule has 92 valence electrons. The lowest BCUT2D eigenvalue weighted by Gasteiger charge is -2.31. The van der Waals surface area contributed by atoms with Crippen LogP contribution in [0.2, 0.25) is 0 Å². The molecule has 0 spiro atoms. The zero-order valence-corrected chi connectivity index (χ0v) is 10.6. The molecule has 1 aromatic carbocycles. The van der Waals surface area contributed by atoms with Crippen LogP contribution in [0.5, 0.6) is 5.75 Å². The Labute approximate surface area is 112 Å². The average molecular weight is 298 g/mol. The first-order chi connectivity index (χ1) is 7.84. The Hall–Kier alpha value is -0.910. The van der Waals surface area contributed by atoms with E-state index in [1.165, 1.54) is 0 Å². The predicted molar refractivity (Wildman–Crippen MR) is 65.6 cm³/mol. The highest BCUT2D eigenvalue weighted by Gasteiger charge is 2.58. The van der Waals surface area contributed by atoms with Crippen LogP contribution in [0, 0.1) is 10.1 Å². The second-order valence-corrected chi connectivity index (χ2v) is 5.82. The highest BCUT2D eigenvalue weighted by Crippen LogP contribution is 2.48. The number of alkyl halides is 3. The second kappa shape index (κ2) is 4.08. The summed E-state index contributed by atoms with van der Waals surface area (Å²) in [6.07, 6.45) is 0. The third kappa shape index (κ3) is 2.22. The van der Waals surface area contributed by atoms with Crippen LogP contribution in [-0.2, 0) is 0 Å². The molecule has 0 amide bonds. The van der Waals surface area contributed by atoms with Crippen LogP contribution in [0.3, 0.4) is 0 Å². The summed E-state index contributed by atoms with van der Waals surface area (Å²) in [5.41, 5.74) is -1.13. The van der Waals surface area contributed by atoms with E-state index in [0.29, 0.717) is 11.4 Å². The summed E-state index contributed by atoms with van der Waals surface area (Å²) < 4.78 is 3.45. The lowest BCUT2D eigenvalue weighted by atomic mass is 10.2. The first kappa shape index (κ1) is 12.5. The van der Waals surface area contributed by atoms with Gasteiger partial charge in [-0.05, 0) is 12.1 Å². The Bertz CT molecular complexity index is 436. The fraction of sp³-hybridized carbons (Fsp3) is 0.333. The first-order valence-corrected chi connectivity index (χ1v) is 5.72. The quantitative estimate of drug-likeness (QED) is 0.518. The molecule has 5 nitrogen and oxygen atoms in total. The van der Waals surface area contributed by atoms with Gasteiger partial charge in [-0.25, -0.2) is 0 Å². The van der Waals surface area contributed by atoms with Crippen molar-refractivity contribution in [2.24, 2.45) is 0 Å². The van der Waals surface area contributed by atoms with E-state index in [-0.39, 0.29) is 0 Å². The number of nitrogens with zero attached hydrogens (tertiary/aromatic N) is 1. The molecule has 1 heterocycles. The fourth-order valence-electron chi connectivity index (χ4n) is 1.56. The van der Waals surface area contributed by atoms with Crippen LogP contribution in [0.4, 0.5) is 5.69 Å². The lowest BCUT2D eigenvalue weighted by molar-refractivity contribution is -0.496. The number of rotatable bonds is 2. The molecule has 0 bridgehead atoms. The van der Waals surface area contributed by atoms with Crippen LogP contribution in [0.15, 0.2) is 24.3 Å². The van der Waals surface area contributed by atoms with Crippen LogP contribution in [-0.4, -0.2) is 21.0 Å². The molecule has 8 heteroatoms. The molecule has 0 radical (unpaired) electrons. The molecule has 1 atom stereocenters. The highest BCUT2D eigenvalue weighted by molar-refractivity contribution is 6.68. The Kier molecular flexibility index (Phi) is 3.01. The molecule has 0 aromatic heterocycles. The van der Waals surface area contributed by atoms with Gasteiger partial charge < -0.3 is 10.1 Å². The van der Waals surface area contributed by atoms with Gasteiger partial charge in [-0.3, -0.25) is 10.1 Å². The smallest absolute Gasteiger partial charge is 0.292 e. The summed E-state index contributed by atoms with van der Waals surface area (Å²) in [6, 6.07) is 6.80. The minimum atomic E-state index is -1.97. The van der Waals surface area contributed by atoms with Crippen LogP contribution < -0.4 is 10.1 Å². The third-order valence-corrected chi connectivity index (χ3v) is 3.23. The summed E-state index contributed by atoms with van der Waals surface area (Å²) >= 11 is 17.3. The minimum absolute atomic E-state index is 0.417. The molecule has 1 aliphatic heterocycles. The number of ether oxygens (including phenoxy) is 1. The maximum Gasteiger partial charge on any atom is 0.292 e. The molecule has 0 unspecified atom stereocenters. The number of fused-ring (bicyclic) bond motifs is 1. The van der Waals surface area contributed by atoms with Crippen LogP contribution in [0.1, 0.15) is 0 Å². The third-order valence-electron chi connectivity index (χ3n) is 2.32. The van der Waals surface area contributed by atoms with E-state index >= 15 is 0 Å². The van der Waals surface area contributed by atoms with E-state index in [2.05, 4.69) is 5.32 Å². The zero-order valence-electron chi connectivity index (χ0n) is 8.32. The molecule has 17 heavy (non-hydrogen) atoms. The van der Waals surface area contributed by atoms with Crippen molar-refractivity contribution in [3.05, 3.63) is 34.4 Å². The van der Waals surface area contributed by atoms with E-state index < -0.39 is 21.0 Å². The first-order valence-electron chi connectivity index (χ1n) is 4.59. The van der Waals surface area contributed by atoms with Crippen molar-refractivity contribution in [1.82, 2.24) is 0 Å². The van der Waals surface area contributed by atoms with Gasteiger partial charge in [0, 0.05) is 4.92 Å². The molecule has 2 rings (SSSR count). The van der Waals surface area contributed by atoms with Gasteiger partial charge in [0.2, 0.25) is 0 Å². The van der Waals surface area contributed by atoms with Gasteiger partial charge in [0.15, 0.2) is 0 Å². The maximum atomic E-state index is 10.7. The zero-order chi connectivity index (χ0) is 12.7. The van der Waals surface area contributed by atoms with Crippen molar-refractivity contribution >= 4 is 40.5 Å². The molecule has 0 fully saturated rings. The molecule has 0 saturated carbocycles.